The number of hydrogen-bond donors (Lipinski definition) is 1. The van der Waals surface area contributed by atoms with Gasteiger partial charge in [0.15, 0.2) is 6.29 Å². The molecule has 2 heterocycles. The number of ether oxygens (including phenoxy) is 2. The summed E-state index contributed by atoms with van der Waals surface area (Å²) in [5.74, 6) is 0.653. The molecular weight excluding hydrogens is 402 g/mol. The van der Waals surface area contributed by atoms with Gasteiger partial charge in [0.1, 0.15) is 0 Å². The minimum atomic E-state index is -0.390. The van der Waals surface area contributed by atoms with Crippen LogP contribution in [0.3, 0.4) is 0 Å². The van der Waals surface area contributed by atoms with Gasteiger partial charge < -0.3 is 19.5 Å². The van der Waals surface area contributed by atoms with Gasteiger partial charge in [0, 0.05) is 31.3 Å². The molecule has 0 aromatic heterocycles. The summed E-state index contributed by atoms with van der Waals surface area (Å²) in [6.07, 6.45) is 6.80. The summed E-state index contributed by atoms with van der Waals surface area (Å²) < 4.78 is 12.9. The lowest BCUT2D eigenvalue weighted by molar-refractivity contribution is -0.308. The van der Waals surface area contributed by atoms with Crippen molar-refractivity contribution >= 4 is 5.91 Å². The van der Waals surface area contributed by atoms with E-state index in [0.29, 0.717) is 18.9 Å². The zero-order valence-corrected chi connectivity index (χ0v) is 19.7. The van der Waals surface area contributed by atoms with Gasteiger partial charge in [-0.3, -0.25) is 4.79 Å². The summed E-state index contributed by atoms with van der Waals surface area (Å²) in [6.45, 7) is 7.12. The number of nitrogens with zero attached hydrogens (tertiary/aromatic N) is 1. The highest BCUT2D eigenvalue weighted by Gasteiger charge is 2.61. The van der Waals surface area contributed by atoms with E-state index in [1.807, 2.05) is 11.0 Å². The van der Waals surface area contributed by atoms with Crippen LogP contribution >= 0.6 is 0 Å². The molecule has 0 radical (unpaired) electrons. The van der Waals surface area contributed by atoms with Crippen LogP contribution in [0.2, 0.25) is 0 Å². The molecule has 4 aliphatic rings. The van der Waals surface area contributed by atoms with Crippen LogP contribution in [0.15, 0.2) is 30.3 Å². The first kappa shape index (κ1) is 22.4. The van der Waals surface area contributed by atoms with Gasteiger partial charge in [-0.1, -0.05) is 44.2 Å². The van der Waals surface area contributed by atoms with Crippen LogP contribution in [0.5, 0.6) is 0 Å². The van der Waals surface area contributed by atoms with E-state index in [-0.39, 0.29) is 41.2 Å². The first-order valence-electron chi connectivity index (χ1n) is 12.7. The van der Waals surface area contributed by atoms with E-state index >= 15 is 0 Å². The van der Waals surface area contributed by atoms with Crippen molar-refractivity contribution in [1.82, 2.24) is 4.90 Å². The Bertz CT molecular complexity index is 809. The van der Waals surface area contributed by atoms with Crippen molar-refractivity contribution in [3.05, 3.63) is 35.9 Å². The highest BCUT2D eigenvalue weighted by atomic mass is 16.7. The molecular formula is C27H39NO4. The molecule has 0 bridgehead atoms. The first-order chi connectivity index (χ1) is 15.4. The molecule has 4 fully saturated rings. The van der Waals surface area contributed by atoms with Gasteiger partial charge >= 0.3 is 0 Å². The van der Waals surface area contributed by atoms with Gasteiger partial charge in [-0.2, -0.15) is 0 Å². The molecule has 32 heavy (non-hydrogen) atoms. The Balaban J connectivity index is 1.31. The van der Waals surface area contributed by atoms with E-state index in [2.05, 4.69) is 38.1 Å². The number of aliphatic hydroxyl groups is 1. The van der Waals surface area contributed by atoms with E-state index in [9.17, 15) is 9.90 Å². The predicted octanol–water partition coefficient (Wildman–Crippen LogP) is 4.18. The lowest BCUT2D eigenvalue weighted by atomic mass is 9.46. The van der Waals surface area contributed by atoms with Gasteiger partial charge in [0.2, 0.25) is 5.91 Å². The van der Waals surface area contributed by atoms with Crippen LogP contribution in [0.4, 0.5) is 0 Å². The molecule has 1 N–H and O–H groups in total. The van der Waals surface area contributed by atoms with Crippen molar-refractivity contribution in [2.24, 2.45) is 22.7 Å². The van der Waals surface area contributed by atoms with E-state index in [1.54, 1.807) is 0 Å². The number of aliphatic hydroxyl groups excluding tert-OH is 1. The van der Waals surface area contributed by atoms with Crippen LogP contribution in [-0.2, 0) is 20.7 Å². The Morgan fingerprint density at radius 1 is 1.09 bits per heavy atom. The summed E-state index contributed by atoms with van der Waals surface area (Å²) in [6, 6.07) is 10.4. The smallest absolute Gasteiger partial charge is 0.222 e. The van der Waals surface area contributed by atoms with E-state index in [0.717, 1.165) is 58.0 Å². The summed E-state index contributed by atoms with van der Waals surface area (Å²) >= 11 is 0. The average molecular weight is 442 g/mol. The quantitative estimate of drug-likeness (QED) is 0.762. The van der Waals surface area contributed by atoms with E-state index in [4.69, 9.17) is 9.47 Å². The van der Waals surface area contributed by atoms with Crippen molar-refractivity contribution in [1.29, 1.82) is 0 Å². The maximum absolute atomic E-state index is 13.0. The van der Waals surface area contributed by atoms with Crippen molar-refractivity contribution < 1.29 is 19.4 Å². The zero-order valence-electron chi connectivity index (χ0n) is 19.7. The fourth-order valence-corrected chi connectivity index (χ4v) is 7.48. The molecule has 2 aliphatic heterocycles. The predicted molar refractivity (Wildman–Crippen MR) is 123 cm³/mol. The number of likely N-dealkylation sites (tertiary alicyclic amines) is 1. The number of amides is 1. The second-order valence-corrected chi connectivity index (χ2v) is 11.2. The second-order valence-electron chi connectivity index (χ2n) is 11.2. The normalized spacial score (nSPS) is 41.7. The molecule has 0 spiro atoms. The minimum Gasteiger partial charge on any atom is -0.393 e. The topological polar surface area (TPSA) is 59.0 Å². The molecule has 2 aliphatic carbocycles. The maximum Gasteiger partial charge on any atom is 0.222 e. The molecule has 1 amide bonds. The zero-order chi connectivity index (χ0) is 22.3. The Labute approximate surface area is 192 Å². The molecule has 7 atom stereocenters. The second kappa shape index (κ2) is 8.73. The number of benzene rings is 1. The highest BCUT2D eigenvalue weighted by molar-refractivity contribution is 5.76. The lowest BCUT2D eigenvalue weighted by Crippen LogP contribution is -2.63. The lowest BCUT2D eigenvalue weighted by Gasteiger charge is -2.63. The molecule has 5 nitrogen and oxygen atoms in total. The molecule has 5 rings (SSSR count). The number of rotatable bonds is 4. The highest BCUT2D eigenvalue weighted by Crippen LogP contribution is 2.62. The van der Waals surface area contributed by atoms with Crippen molar-refractivity contribution in [2.75, 3.05) is 19.7 Å². The van der Waals surface area contributed by atoms with E-state index in [1.165, 1.54) is 5.56 Å². The first-order valence-corrected chi connectivity index (χ1v) is 12.7. The molecule has 2 saturated heterocycles. The number of carbonyl (C=O) groups excluding carboxylic acids is 1. The van der Waals surface area contributed by atoms with Gasteiger partial charge in [0.05, 0.1) is 18.8 Å². The largest absolute Gasteiger partial charge is 0.393 e. The summed E-state index contributed by atoms with van der Waals surface area (Å²) in [5.41, 5.74) is 1.11. The van der Waals surface area contributed by atoms with Gasteiger partial charge in [-0.05, 0) is 61.3 Å². The SMILES string of the molecule is C[C@@]12CO[C@@H](Cc3ccccc3)O[C@@H]1CC[C@]1(C)[C@H]2CC[C@@H](O)[C@H]1CC(=O)N1CCCC1. The van der Waals surface area contributed by atoms with Gasteiger partial charge in [-0.15, -0.1) is 0 Å². The van der Waals surface area contributed by atoms with Gasteiger partial charge in [0.25, 0.3) is 0 Å². The monoisotopic (exact) mass is 441 g/mol. The summed E-state index contributed by atoms with van der Waals surface area (Å²) in [5, 5.41) is 11.0. The Hall–Kier alpha value is -1.43. The number of hydrogen-bond acceptors (Lipinski definition) is 4. The molecule has 5 heteroatoms. The molecule has 1 aromatic carbocycles. The van der Waals surface area contributed by atoms with Crippen LogP contribution in [0, 0.1) is 22.7 Å². The standard InChI is InChI=1S/C27H39NO4/c1-26-13-12-23-27(2,18-31-25(32-23)16-19-8-4-3-5-9-19)22(26)11-10-21(29)20(26)17-24(30)28-14-6-7-15-28/h3-5,8-9,20-23,25,29H,6-7,10-18H2,1-2H3/t20-,21-,22-,23-,25-,26+,27+/m1/s1. The van der Waals surface area contributed by atoms with Crippen LogP contribution in [-0.4, -0.2) is 54.1 Å². The Morgan fingerprint density at radius 2 is 1.84 bits per heavy atom. The van der Waals surface area contributed by atoms with Crippen molar-refractivity contribution in [2.45, 2.75) is 83.7 Å². The molecule has 0 unspecified atom stereocenters. The van der Waals surface area contributed by atoms with Crippen molar-refractivity contribution in [3.63, 3.8) is 0 Å². The third kappa shape index (κ3) is 3.91. The molecule has 1 aromatic rings. The van der Waals surface area contributed by atoms with E-state index < -0.39 is 0 Å². The summed E-state index contributed by atoms with van der Waals surface area (Å²) in [4.78, 5) is 15.0. The van der Waals surface area contributed by atoms with Crippen molar-refractivity contribution in [3.8, 4) is 0 Å². The molecule has 176 valence electrons. The van der Waals surface area contributed by atoms with Crippen LogP contribution in [0.25, 0.3) is 0 Å². The Kier molecular flexibility index (Phi) is 6.10. The third-order valence-electron chi connectivity index (χ3n) is 9.33. The fraction of sp³-hybridized carbons (Fsp3) is 0.741. The number of carbonyl (C=O) groups is 1. The summed E-state index contributed by atoms with van der Waals surface area (Å²) in [7, 11) is 0. The number of fused-ring (bicyclic) bond motifs is 3. The minimum absolute atomic E-state index is 0.0224. The maximum atomic E-state index is 13.0. The van der Waals surface area contributed by atoms with Crippen LogP contribution in [0.1, 0.15) is 64.4 Å². The third-order valence-corrected chi connectivity index (χ3v) is 9.33. The Morgan fingerprint density at radius 3 is 2.59 bits per heavy atom. The van der Waals surface area contributed by atoms with Crippen LogP contribution < -0.4 is 0 Å². The fourth-order valence-electron chi connectivity index (χ4n) is 7.48. The molecule has 2 saturated carbocycles. The average Bonchev–Trinajstić information content (AvgIpc) is 3.32. The van der Waals surface area contributed by atoms with Gasteiger partial charge in [-0.25, -0.2) is 0 Å².